The maximum absolute atomic E-state index is 12.9. The molecule has 0 aliphatic heterocycles. The Morgan fingerprint density at radius 3 is 2.62 bits per heavy atom. The highest BCUT2D eigenvalue weighted by Crippen LogP contribution is 2.46. The summed E-state index contributed by atoms with van der Waals surface area (Å²) in [6.07, 6.45) is 5.15. The Morgan fingerprint density at radius 1 is 1.29 bits per heavy atom. The third kappa shape index (κ3) is 4.05. The summed E-state index contributed by atoms with van der Waals surface area (Å²) in [7, 11) is 0. The van der Waals surface area contributed by atoms with Crippen LogP contribution in [0.4, 0.5) is 0 Å². The van der Waals surface area contributed by atoms with Crippen molar-refractivity contribution in [3.05, 3.63) is 47.5 Å². The maximum Gasteiger partial charge on any atom is 0.313 e. The molecule has 4 nitrogen and oxygen atoms in total. The van der Waals surface area contributed by atoms with Gasteiger partial charge in [0.05, 0.1) is 11.3 Å². The second-order valence-electron chi connectivity index (χ2n) is 6.67. The highest BCUT2D eigenvalue weighted by atomic mass is 16.5. The molecule has 1 N–H and O–H groups in total. The molecular formula is C20H26O4. The fourth-order valence-corrected chi connectivity index (χ4v) is 3.39. The van der Waals surface area contributed by atoms with Crippen molar-refractivity contribution in [2.24, 2.45) is 11.3 Å². The summed E-state index contributed by atoms with van der Waals surface area (Å²) in [6, 6.07) is 9.48. The number of rotatable bonds is 7. The van der Waals surface area contributed by atoms with Crippen molar-refractivity contribution in [2.45, 2.75) is 52.6 Å². The van der Waals surface area contributed by atoms with Crippen molar-refractivity contribution in [2.75, 3.05) is 0 Å². The van der Waals surface area contributed by atoms with Gasteiger partial charge in [0.2, 0.25) is 0 Å². The number of carboxylic acid groups (broad SMARTS) is 1. The van der Waals surface area contributed by atoms with Crippen LogP contribution in [0.25, 0.3) is 0 Å². The zero-order chi connectivity index (χ0) is 17.6. The van der Waals surface area contributed by atoms with Gasteiger partial charge in [0.25, 0.3) is 0 Å². The van der Waals surface area contributed by atoms with Crippen LogP contribution in [0.2, 0.25) is 0 Å². The first-order chi connectivity index (χ1) is 11.5. The van der Waals surface area contributed by atoms with Crippen LogP contribution in [0.1, 0.15) is 51.5 Å². The topological polar surface area (TPSA) is 63.6 Å². The zero-order valence-corrected chi connectivity index (χ0v) is 14.5. The second-order valence-corrected chi connectivity index (χ2v) is 6.67. The van der Waals surface area contributed by atoms with Crippen molar-refractivity contribution >= 4 is 11.9 Å². The number of hydrogen-bond acceptors (Lipinski definition) is 3. The third-order valence-electron chi connectivity index (χ3n) is 4.90. The Balaban J connectivity index is 2.22. The smallest absolute Gasteiger partial charge is 0.313 e. The van der Waals surface area contributed by atoms with Crippen molar-refractivity contribution < 1.29 is 19.4 Å². The Bertz CT molecular complexity index is 605. The molecule has 1 aromatic rings. The van der Waals surface area contributed by atoms with Crippen LogP contribution in [0.5, 0.6) is 0 Å². The number of hydrogen-bond donors (Lipinski definition) is 1. The Morgan fingerprint density at radius 2 is 2.00 bits per heavy atom. The van der Waals surface area contributed by atoms with Gasteiger partial charge in [-0.1, -0.05) is 61.7 Å². The van der Waals surface area contributed by atoms with Crippen LogP contribution in [0.3, 0.4) is 0 Å². The van der Waals surface area contributed by atoms with Gasteiger partial charge in [-0.15, -0.1) is 0 Å². The lowest BCUT2D eigenvalue weighted by molar-refractivity contribution is -0.170. The molecule has 0 saturated heterocycles. The van der Waals surface area contributed by atoms with Crippen LogP contribution in [-0.2, 0) is 20.9 Å². The average Bonchev–Trinajstić information content (AvgIpc) is 2.59. The van der Waals surface area contributed by atoms with Gasteiger partial charge in [-0.2, -0.15) is 0 Å². The molecule has 1 aliphatic rings. The minimum absolute atomic E-state index is 0.183. The molecule has 0 bridgehead atoms. The molecule has 2 atom stereocenters. The van der Waals surface area contributed by atoms with Gasteiger partial charge in [0.15, 0.2) is 0 Å². The van der Waals surface area contributed by atoms with Crippen molar-refractivity contribution in [3.63, 3.8) is 0 Å². The first-order valence-electron chi connectivity index (χ1n) is 8.59. The molecule has 0 spiro atoms. The molecule has 0 saturated carbocycles. The van der Waals surface area contributed by atoms with E-state index in [1.807, 2.05) is 50.3 Å². The summed E-state index contributed by atoms with van der Waals surface area (Å²) >= 11 is 0. The molecule has 4 heteroatoms. The van der Waals surface area contributed by atoms with E-state index in [1.54, 1.807) is 0 Å². The van der Waals surface area contributed by atoms with Gasteiger partial charge in [0.1, 0.15) is 6.61 Å². The van der Waals surface area contributed by atoms with E-state index in [1.165, 1.54) is 0 Å². The summed E-state index contributed by atoms with van der Waals surface area (Å²) in [4.78, 5) is 24.7. The number of carbonyl (C=O) groups excluding carboxylic acids is 1. The number of aliphatic carboxylic acids is 1. The number of carboxylic acids is 1. The van der Waals surface area contributed by atoms with Gasteiger partial charge in [-0.25, -0.2) is 0 Å². The molecular weight excluding hydrogens is 304 g/mol. The van der Waals surface area contributed by atoms with Crippen LogP contribution in [0, 0.1) is 11.3 Å². The monoisotopic (exact) mass is 330 g/mol. The van der Waals surface area contributed by atoms with E-state index in [0.29, 0.717) is 19.3 Å². The molecule has 24 heavy (non-hydrogen) atoms. The molecule has 2 unspecified atom stereocenters. The first kappa shape index (κ1) is 18.2. The lowest BCUT2D eigenvalue weighted by atomic mass is 9.64. The Hall–Kier alpha value is -2.10. The van der Waals surface area contributed by atoms with E-state index in [2.05, 4.69) is 0 Å². The predicted molar refractivity (Wildman–Crippen MR) is 92.3 cm³/mol. The maximum atomic E-state index is 12.9. The van der Waals surface area contributed by atoms with Crippen molar-refractivity contribution in [1.29, 1.82) is 0 Å². The van der Waals surface area contributed by atoms with Gasteiger partial charge in [-0.05, 0) is 31.7 Å². The summed E-state index contributed by atoms with van der Waals surface area (Å²) in [5, 5.41) is 9.69. The van der Waals surface area contributed by atoms with Gasteiger partial charge < -0.3 is 9.84 Å². The molecule has 0 heterocycles. The fraction of sp³-hybridized carbons (Fsp3) is 0.500. The number of allylic oxidation sites excluding steroid dienone is 2. The molecule has 1 aliphatic carbocycles. The summed E-state index contributed by atoms with van der Waals surface area (Å²) in [6.45, 7) is 4.15. The molecule has 2 rings (SSSR count). The lowest BCUT2D eigenvalue weighted by Gasteiger charge is -2.39. The molecule has 0 amide bonds. The number of carbonyl (C=O) groups is 2. The molecule has 0 aromatic heterocycles. The first-order valence-corrected chi connectivity index (χ1v) is 8.59. The number of ether oxygens (including phenoxy) is 1. The summed E-state index contributed by atoms with van der Waals surface area (Å²) < 4.78 is 5.55. The van der Waals surface area contributed by atoms with E-state index in [9.17, 15) is 14.7 Å². The highest BCUT2D eigenvalue weighted by Gasteiger charge is 2.50. The van der Waals surface area contributed by atoms with E-state index >= 15 is 0 Å². The highest BCUT2D eigenvalue weighted by molar-refractivity contribution is 5.85. The van der Waals surface area contributed by atoms with E-state index in [4.69, 9.17) is 4.74 Å². The average molecular weight is 330 g/mol. The standard InChI is InChI=1S/C20H26O4/c1-3-4-11-20(12-10-15(2)13-17(20)18(21)22)19(23)24-14-16-8-6-5-7-9-16/h5-10,17H,3-4,11-14H2,1-2H3,(H,21,22). The minimum Gasteiger partial charge on any atom is -0.481 e. The zero-order valence-electron chi connectivity index (χ0n) is 14.5. The van der Waals surface area contributed by atoms with E-state index < -0.39 is 17.3 Å². The Kier molecular flexibility index (Phi) is 6.18. The minimum atomic E-state index is -0.948. The predicted octanol–water partition coefficient (Wildman–Crippen LogP) is 4.35. The fourth-order valence-electron chi connectivity index (χ4n) is 3.39. The van der Waals surface area contributed by atoms with Crippen molar-refractivity contribution in [1.82, 2.24) is 0 Å². The lowest BCUT2D eigenvalue weighted by Crippen LogP contribution is -2.45. The molecule has 1 aromatic carbocycles. The molecule has 130 valence electrons. The second kappa shape index (κ2) is 8.13. The third-order valence-corrected chi connectivity index (χ3v) is 4.90. The SMILES string of the molecule is CCCCC1(C(=O)OCc2ccccc2)CC=C(C)CC1C(=O)O. The summed E-state index contributed by atoms with van der Waals surface area (Å²) in [5.41, 5.74) is 0.993. The number of esters is 1. The van der Waals surface area contributed by atoms with E-state index in [-0.39, 0.29) is 12.6 Å². The molecule has 0 fully saturated rings. The summed E-state index contributed by atoms with van der Waals surface area (Å²) in [5.74, 6) is -2.00. The quantitative estimate of drug-likeness (QED) is 0.596. The molecule has 0 radical (unpaired) electrons. The number of unbranched alkanes of at least 4 members (excludes halogenated alkanes) is 1. The van der Waals surface area contributed by atoms with Crippen LogP contribution in [-0.4, -0.2) is 17.0 Å². The van der Waals surface area contributed by atoms with Gasteiger partial charge in [-0.3, -0.25) is 9.59 Å². The van der Waals surface area contributed by atoms with E-state index in [0.717, 1.165) is 24.0 Å². The largest absolute Gasteiger partial charge is 0.481 e. The van der Waals surface area contributed by atoms with Crippen LogP contribution >= 0.6 is 0 Å². The van der Waals surface area contributed by atoms with Crippen molar-refractivity contribution in [3.8, 4) is 0 Å². The normalized spacial score (nSPS) is 23.4. The number of benzene rings is 1. The van der Waals surface area contributed by atoms with Gasteiger partial charge >= 0.3 is 11.9 Å². The van der Waals surface area contributed by atoms with Gasteiger partial charge in [0, 0.05) is 0 Å². The van der Waals surface area contributed by atoms with Crippen LogP contribution in [0.15, 0.2) is 42.0 Å². The van der Waals surface area contributed by atoms with Crippen LogP contribution < -0.4 is 0 Å². The Labute approximate surface area is 143 Å².